The molecule has 180 valence electrons. The number of unbranched alkanes of at least 4 members (excludes halogenated alkanes) is 1. The first-order valence-corrected chi connectivity index (χ1v) is 14.2. The summed E-state index contributed by atoms with van der Waals surface area (Å²) >= 11 is 0. The van der Waals surface area contributed by atoms with Crippen LogP contribution in [-0.4, -0.2) is 39.7 Å². The molecule has 0 saturated carbocycles. The van der Waals surface area contributed by atoms with Crippen LogP contribution in [0, 0.1) is 0 Å². The SMILES string of the molecule is CCCC[C@H](O[Si](c1ccccc1)(c1ccccc1)C(C)(C)C)[C@@H]1CC[C@@H](CC(=O)OC)O1. The molecule has 1 heterocycles. The minimum Gasteiger partial charge on any atom is -0.469 e. The smallest absolute Gasteiger partial charge is 0.308 e. The second kappa shape index (κ2) is 11.5. The van der Waals surface area contributed by atoms with E-state index in [2.05, 4.69) is 88.4 Å². The average molecular weight is 469 g/mol. The average Bonchev–Trinajstić information content (AvgIpc) is 3.28. The number of methoxy groups -OCH3 is 1. The van der Waals surface area contributed by atoms with E-state index in [-0.39, 0.29) is 29.3 Å². The number of hydrogen-bond donors (Lipinski definition) is 0. The minimum absolute atomic E-state index is 0.00662. The van der Waals surface area contributed by atoms with Gasteiger partial charge in [0.2, 0.25) is 0 Å². The molecule has 0 N–H and O–H groups in total. The van der Waals surface area contributed by atoms with E-state index in [4.69, 9.17) is 13.9 Å². The number of ether oxygens (including phenoxy) is 2. The molecule has 0 aliphatic carbocycles. The lowest BCUT2D eigenvalue weighted by molar-refractivity contribution is -0.144. The first kappa shape index (κ1) is 25.7. The highest BCUT2D eigenvalue weighted by atomic mass is 28.4. The number of carbonyl (C=O) groups excluding carboxylic acids is 1. The van der Waals surface area contributed by atoms with Crippen molar-refractivity contribution in [1.82, 2.24) is 0 Å². The van der Waals surface area contributed by atoms with Crippen LogP contribution in [0.2, 0.25) is 5.04 Å². The Balaban J connectivity index is 2.01. The van der Waals surface area contributed by atoms with Crippen molar-refractivity contribution in [2.75, 3.05) is 7.11 Å². The van der Waals surface area contributed by atoms with Gasteiger partial charge in [0.05, 0.1) is 31.8 Å². The number of carbonyl (C=O) groups is 1. The Kier molecular flexibility index (Phi) is 8.91. The standard InChI is InChI=1S/C28H40O4Si/c1-6-7-18-26(25-20-19-22(31-25)21-27(29)30-5)32-33(28(2,3)4,23-14-10-8-11-15-23)24-16-12-9-13-17-24/h8-17,22,25-26H,6-7,18-21H2,1-5H3/t22-,25-,26-/m0/s1. The Bertz CT molecular complexity index is 823. The summed E-state index contributed by atoms with van der Waals surface area (Å²) in [5.74, 6) is -0.210. The summed E-state index contributed by atoms with van der Waals surface area (Å²) in [6, 6.07) is 21.6. The number of benzene rings is 2. The lowest BCUT2D eigenvalue weighted by atomic mass is 10.0. The van der Waals surface area contributed by atoms with Crippen molar-refractivity contribution in [2.24, 2.45) is 0 Å². The molecule has 0 aromatic heterocycles. The Morgan fingerprint density at radius 1 is 1.03 bits per heavy atom. The highest BCUT2D eigenvalue weighted by Gasteiger charge is 2.52. The van der Waals surface area contributed by atoms with Crippen LogP contribution in [0.15, 0.2) is 60.7 Å². The second-order valence-electron chi connectivity index (χ2n) is 10.1. The quantitative estimate of drug-likeness (QED) is 0.354. The van der Waals surface area contributed by atoms with Gasteiger partial charge in [0.15, 0.2) is 0 Å². The predicted molar refractivity (Wildman–Crippen MR) is 137 cm³/mol. The van der Waals surface area contributed by atoms with Gasteiger partial charge in [-0.05, 0) is 34.7 Å². The van der Waals surface area contributed by atoms with Crippen LogP contribution in [0.4, 0.5) is 0 Å². The molecule has 0 bridgehead atoms. The van der Waals surface area contributed by atoms with Crippen LogP contribution in [-0.2, 0) is 18.7 Å². The molecule has 1 aliphatic rings. The Morgan fingerprint density at radius 3 is 2.09 bits per heavy atom. The van der Waals surface area contributed by atoms with E-state index in [1.165, 1.54) is 17.5 Å². The van der Waals surface area contributed by atoms with Crippen LogP contribution < -0.4 is 10.4 Å². The van der Waals surface area contributed by atoms with Gasteiger partial charge in [-0.1, -0.05) is 101 Å². The number of hydrogen-bond acceptors (Lipinski definition) is 4. The van der Waals surface area contributed by atoms with Crippen LogP contribution in [0.3, 0.4) is 0 Å². The monoisotopic (exact) mass is 468 g/mol. The molecule has 33 heavy (non-hydrogen) atoms. The molecule has 1 aliphatic heterocycles. The van der Waals surface area contributed by atoms with Gasteiger partial charge in [-0.15, -0.1) is 0 Å². The molecule has 3 atom stereocenters. The molecule has 0 spiro atoms. The third-order valence-corrected chi connectivity index (χ3v) is 11.8. The first-order chi connectivity index (χ1) is 15.8. The molecular formula is C28H40O4Si. The van der Waals surface area contributed by atoms with E-state index in [1.807, 2.05) is 0 Å². The molecule has 1 fully saturated rings. The summed E-state index contributed by atoms with van der Waals surface area (Å²) in [6.45, 7) is 9.15. The molecule has 5 heteroatoms. The van der Waals surface area contributed by atoms with Gasteiger partial charge in [-0.2, -0.15) is 0 Å². The zero-order valence-corrected chi connectivity index (χ0v) is 21.9. The summed E-state index contributed by atoms with van der Waals surface area (Å²) in [5, 5.41) is 2.49. The van der Waals surface area contributed by atoms with E-state index in [1.54, 1.807) is 0 Å². The summed E-state index contributed by atoms with van der Waals surface area (Å²) in [7, 11) is -1.23. The zero-order valence-electron chi connectivity index (χ0n) is 20.9. The molecule has 2 aromatic carbocycles. The second-order valence-corrected chi connectivity index (χ2v) is 14.4. The lowest BCUT2D eigenvalue weighted by Crippen LogP contribution is -2.68. The fourth-order valence-corrected chi connectivity index (χ4v) is 9.81. The van der Waals surface area contributed by atoms with Crippen molar-refractivity contribution in [3.05, 3.63) is 60.7 Å². The highest BCUT2D eigenvalue weighted by Crippen LogP contribution is 2.40. The topological polar surface area (TPSA) is 44.8 Å². The van der Waals surface area contributed by atoms with Crippen molar-refractivity contribution in [3.63, 3.8) is 0 Å². The largest absolute Gasteiger partial charge is 0.469 e. The number of esters is 1. The molecule has 3 rings (SSSR count). The predicted octanol–water partition coefficient (Wildman–Crippen LogP) is 5.23. The van der Waals surface area contributed by atoms with Gasteiger partial charge in [0.25, 0.3) is 8.32 Å². The van der Waals surface area contributed by atoms with Gasteiger partial charge in [0, 0.05) is 0 Å². The molecular weight excluding hydrogens is 428 g/mol. The van der Waals surface area contributed by atoms with Gasteiger partial charge >= 0.3 is 5.97 Å². The lowest BCUT2D eigenvalue weighted by Gasteiger charge is -2.46. The number of rotatable bonds is 10. The van der Waals surface area contributed by atoms with Gasteiger partial charge in [-0.3, -0.25) is 4.79 Å². The summed E-state index contributed by atoms with van der Waals surface area (Å²) in [4.78, 5) is 11.8. The van der Waals surface area contributed by atoms with Crippen molar-refractivity contribution < 1.29 is 18.7 Å². The maximum absolute atomic E-state index is 11.8. The molecule has 4 nitrogen and oxygen atoms in total. The van der Waals surface area contributed by atoms with Crippen LogP contribution >= 0.6 is 0 Å². The molecule has 1 saturated heterocycles. The van der Waals surface area contributed by atoms with Crippen molar-refractivity contribution in [3.8, 4) is 0 Å². The van der Waals surface area contributed by atoms with E-state index >= 15 is 0 Å². The molecule has 0 amide bonds. The Morgan fingerprint density at radius 2 is 1.61 bits per heavy atom. The summed E-state index contributed by atoms with van der Waals surface area (Å²) in [6.07, 6.45) is 5.13. The zero-order chi connectivity index (χ0) is 23.9. The summed E-state index contributed by atoms with van der Waals surface area (Å²) < 4.78 is 18.7. The van der Waals surface area contributed by atoms with Crippen LogP contribution in [0.1, 0.15) is 66.2 Å². The molecule has 2 aromatic rings. The minimum atomic E-state index is -2.66. The van der Waals surface area contributed by atoms with Crippen molar-refractivity contribution >= 4 is 24.7 Å². The Hall–Kier alpha value is -1.95. The third kappa shape index (κ3) is 5.95. The fourth-order valence-electron chi connectivity index (χ4n) is 5.07. The van der Waals surface area contributed by atoms with Crippen molar-refractivity contribution in [1.29, 1.82) is 0 Å². The molecule has 0 unspecified atom stereocenters. The Labute approximate surface area is 200 Å². The van der Waals surface area contributed by atoms with E-state index in [9.17, 15) is 4.79 Å². The maximum atomic E-state index is 11.8. The van der Waals surface area contributed by atoms with E-state index < -0.39 is 8.32 Å². The van der Waals surface area contributed by atoms with Crippen LogP contribution in [0.25, 0.3) is 0 Å². The van der Waals surface area contributed by atoms with Crippen LogP contribution in [0.5, 0.6) is 0 Å². The summed E-state index contributed by atoms with van der Waals surface area (Å²) in [5.41, 5.74) is 0. The third-order valence-electron chi connectivity index (χ3n) is 6.76. The highest BCUT2D eigenvalue weighted by molar-refractivity contribution is 6.99. The van der Waals surface area contributed by atoms with Crippen molar-refractivity contribution in [2.45, 2.75) is 89.6 Å². The maximum Gasteiger partial charge on any atom is 0.308 e. The first-order valence-electron chi connectivity index (χ1n) is 12.3. The van der Waals surface area contributed by atoms with Gasteiger partial charge in [-0.25, -0.2) is 0 Å². The fraction of sp³-hybridized carbons (Fsp3) is 0.536. The van der Waals surface area contributed by atoms with E-state index in [0.29, 0.717) is 6.42 Å². The van der Waals surface area contributed by atoms with Gasteiger partial charge in [0.1, 0.15) is 0 Å². The van der Waals surface area contributed by atoms with E-state index in [0.717, 1.165) is 32.1 Å². The normalized spacial score (nSPS) is 19.9. The van der Waals surface area contributed by atoms with Gasteiger partial charge < -0.3 is 13.9 Å². The molecule has 0 radical (unpaired) electrons.